The monoisotopic (exact) mass is 154 g/mol. The lowest BCUT2D eigenvalue weighted by molar-refractivity contribution is 0.242. The van der Waals surface area contributed by atoms with E-state index in [4.69, 9.17) is 4.74 Å². The largest absolute Gasteiger partial charge is 0.491 e. The molecule has 0 unspecified atom stereocenters. The summed E-state index contributed by atoms with van der Waals surface area (Å²) in [7, 11) is 0. The van der Waals surface area contributed by atoms with Crippen molar-refractivity contribution < 1.29 is 10.2 Å². The average molecular weight is 154 g/mol. The molecule has 2 heteroatoms. The SMILES string of the molecule is CC(C)Oc1ccccc1.O. The molecule has 11 heavy (non-hydrogen) atoms. The van der Waals surface area contributed by atoms with Gasteiger partial charge in [0.25, 0.3) is 0 Å². The van der Waals surface area contributed by atoms with Gasteiger partial charge < -0.3 is 10.2 Å². The molecule has 0 aliphatic rings. The fourth-order valence-corrected chi connectivity index (χ4v) is 0.771. The zero-order chi connectivity index (χ0) is 7.40. The summed E-state index contributed by atoms with van der Waals surface area (Å²) in [4.78, 5) is 0. The van der Waals surface area contributed by atoms with Gasteiger partial charge in [0.1, 0.15) is 5.75 Å². The second-order valence-corrected chi connectivity index (χ2v) is 2.48. The number of para-hydroxylation sites is 1. The van der Waals surface area contributed by atoms with Crippen molar-refractivity contribution in [3.8, 4) is 5.75 Å². The van der Waals surface area contributed by atoms with Crippen molar-refractivity contribution in [3.05, 3.63) is 30.3 Å². The maximum Gasteiger partial charge on any atom is 0.119 e. The molecule has 0 aliphatic carbocycles. The highest BCUT2D eigenvalue weighted by atomic mass is 16.5. The first kappa shape index (κ1) is 9.98. The van der Waals surface area contributed by atoms with Gasteiger partial charge in [0.15, 0.2) is 0 Å². The first-order chi connectivity index (χ1) is 4.79. The second kappa shape index (κ2) is 4.74. The standard InChI is InChI=1S/C9H12O.H2O/c1-8(2)10-9-6-4-3-5-7-9;/h3-8H,1-2H3;1H2. The molecule has 0 saturated heterocycles. The number of hydrogen-bond donors (Lipinski definition) is 0. The Morgan fingerprint density at radius 1 is 1.09 bits per heavy atom. The molecular formula is C9H14O2. The van der Waals surface area contributed by atoms with Crippen LogP contribution in [-0.2, 0) is 0 Å². The van der Waals surface area contributed by atoms with Crippen LogP contribution >= 0.6 is 0 Å². The summed E-state index contributed by atoms with van der Waals surface area (Å²) in [6.07, 6.45) is 0.266. The van der Waals surface area contributed by atoms with Crippen molar-refractivity contribution in [1.29, 1.82) is 0 Å². The van der Waals surface area contributed by atoms with Crippen LogP contribution in [0.5, 0.6) is 5.75 Å². The van der Waals surface area contributed by atoms with E-state index in [1.807, 2.05) is 44.2 Å². The maximum atomic E-state index is 5.41. The molecule has 0 heterocycles. The predicted octanol–water partition coefficient (Wildman–Crippen LogP) is 1.65. The van der Waals surface area contributed by atoms with Gasteiger partial charge in [-0.1, -0.05) is 18.2 Å². The lowest BCUT2D eigenvalue weighted by atomic mass is 10.3. The summed E-state index contributed by atoms with van der Waals surface area (Å²) >= 11 is 0. The molecule has 0 amide bonds. The van der Waals surface area contributed by atoms with Crippen LogP contribution in [-0.4, -0.2) is 11.6 Å². The predicted molar refractivity (Wildman–Crippen MR) is 45.8 cm³/mol. The fraction of sp³-hybridized carbons (Fsp3) is 0.333. The van der Waals surface area contributed by atoms with E-state index < -0.39 is 0 Å². The van der Waals surface area contributed by atoms with Crippen LogP contribution in [0.2, 0.25) is 0 Å². The minimum Gasteiger partial charge on any atom is -0.491 e. The van der Waals surface area contributed by atoms with E-state index in [0.717, 1.165) is 5.75 Å². The molecule has 0 saturated carbocycles. The summed E-state index contributed by atoms with van der Waals surface area (Å²) in [5.74, 6) is 0.942. The Hall–Kier alpha value is -1.02. The van der Waals surface area contributed by atoms with E-state index in [9.17, 15) is 0 Å². The summed E-state index contributed by atoms with van der Waals surface area (Å²) < 4.78 is 5.41. The number of ether oxygens (including phenoxy) is 1. The average Bonchev–Trinajstić information content (AvgIpc) is 1.88. The highest BCUT2D eigenvalue weighted by Crippen LogP contribution is 2.09. The van der Waals surface area contributed by atoms with Crippen molar-refractivity contribution in [2.24, 2.45) is 0 Å². The summed E-state index contributed by atoms with van der Waals surface area (Å²) in [5.41, 5.74) is 0. The van der Waals surface area contributed by atoms with E-state index in [0.29, 0.717) is 0 Å². The molecule has 0 fully saturated rings. The normalized spacial score (nSPS) is 9.00. The van der Waals surface area contributed by atoms with Crippen molar-refractivity contribution >= 4 is 0 Å². The van der Waals surface area contributed by atoms with Crippen molar-refractivity contribution in [3.63, 3.8) is 0 Å². The molecule has 2 N–H and O–H groups in total. The van der Waals surface area contributed by atoms with Gasteiger partial charge in [-0.25, -0.2) is 0 Å². The number of hydrogen-bond acceptors (Lipinski definition) is 1. The van der Waals surface area contributed by atoms with E-state index in [-0.39, 0.29) is 11.6 Å². The van der Waals surface area contributed by atoms with Gasteiger partial charge in [-0.15, -0.1) is 0 Å². The number of benzene rings is 1. The maximum absolute atomic E-state index is 5.41. The third kappa shape index (κ3) is 3.63. The Morgan fingerprint density at radius 3 is 2.09 bits per heavy atom. The lowest BCUT2D eigenvalue weighted by Gasteiger charge is -2.07. The first-order valence-electron chi connectivity index (χ1n) is 3.51. The van der Waals surface area contributed by atoms with Gasteiger partial charge in [0.05, 0.1) is 6.10 Å². The van der Waals surface area contributed by atoms with E-state index in [2.05, 4.69) is 0 Å². The third-order valence-corrected chi connectivity index (χ3v) is 1.11. The summed E-state index contributed by atoms with van der Waals surface area (Å²) in [6.45, 7) is 4.04. The molecule has 0 atom stereocenters. The van der Waals surface area contributed by atoms with Crippen LogP contribution in [0.25, 0.3) is 0 Å². The Morgan fingerprint density at radius 2 is 1.64 bits per heavy atom. The molecule has 0 aromatic heterocycles. The van der Waals surface area contributed by atoms with Crippen molar-refractivity contribution in [1.82, 2.24) is 0 Å². The van der Waals surface area contributed by atoms with Gasteiger partial charge in [-0.3, -0.25) is 0 Å². The Kier molecular flexibility index (Phi) is 4.30. The van der Waals surface area contributed by atoms with Crippen LogP contribution in [0.15, 0.2) is 30.3 Å². The van der Waals surface area contributed by atoms with Gasteiger partial charge in [-0.05, 0) is 26.0 Å². The number of rotatable bonds is 2. The van der Waals surface area contributed by atoms with Crippen LogP contribution in [0.4, 0.5) is 0 Å². The molecule has 1 aromatic rings. The quantitative estimate of drug-likeness (QED) is 0.638. The summed E-state index contributed by atoms with van der Waals surface area (Å²) in [5, 5.41) is 0. The van der Waals surface area contributed by atoms with Crippen LogP contribution < -0.4 is 4.74 Å². The first-order valence-corrected chi connectivity index (χ1v) is 3.51. The van der Waals surface area contributed by atoms with E-state index in [1.54, 1.807) is 0 Å². The van der Waals surface area contributed by atoms with Crippen LogP contribution in [0.3, 0.4) is 0 Å². The van der Waals surface area contributed by atoms with Crippen molar-refractivity contribution in [2.75, 3.05) is 0 Å². The zero-order valence-electron chi connectivity index (χ0n) is 6.87. The van der Waals surface area contributed by atoms with Gasteiger partial charge in [0, 0.05) is 0 Å². The molecule has 0 spiro atoms. The van der Waals surface area contributed by atoms with Gasteiger partial charge in [-0.2, -0.15) is 0 Å². The molecule has 0 aliphatic heterocycles. The highest BCUT2D eigenvalue weighted by Gasteiger charge is 1.92. The molecule has 0 radical (unpaired) electrons. The lowest BCUT2D eigenvalue weighted by Crippen LogP contribution is -2.04. The van der Waals surface area contributed by atoms with Gasteiger partial charge >= 0.3 is 0 Å². The molecular weight excluding hydrogens is 140 g/mol. The molecule has 0 bridgehead atoms. The smallest absolute Gasteiger partial charge is 0.119 e. The molecule has 1 rings (SSSR count). The Balaban J connectivity index is 0.000001000. The third-order valence-electron chi connectivity index (χ3n) is 1.11. The van der Waals surface area contributed by atoms with E-state index in [1.165, 1.54) is 0 Å². The minimum absolute atomic E-state index is 0. The zero-order valence-corrected chi connectivity index (χ0v) is 6.87. The Labute approximate surface area is 67.1 Å². The minimum atomic E-state index is 0. The molecule has 1 aromatic carbocycles. The second-order valence-electron chi connectivity index (χ2n) is 2.48. The Bertz CT molecular complexity index is 182. The van der Waals surface area contributed by atoms with Gasteiger partial charge in [0.2, 0.25) is 0 Å². The highest BCUT2D eigenvalue weighted by molar-refractivity contribution is 5.20. The molecule has 62 valence electrons. The van der Waals surface area contributed by atoms with Crippen molar-refractivity contribution in [2.45, 2.75) is 20.0 Å². The fourth-order valence-electron chi connectivity index (χ4n) is 0.771. The van der Waals surface area contributed by atoms with E-state index >= 15 is 0 Å². The summed E-state index contributed by atoms with van der Waals surface area (Å²) in [6, 6.07) is 9.84. The van der Waals surface area contributed by atoms with Crippen LogP contribution in [0.1, 0.15) is 13.8 Å². The van der Waals surface area contributed by atoms with Crippen LogP contribution in [0, 0.1) is 0 Å². The molecule has 2 nitrogen and oxygen atoms in total. The topological polar surface area (TPSA) is 40.7 Å².